The van der Waals surface area contributed by atoms with E-state index in [2.05, 4.69) is 17.5 Å². The molecule has 1 unspecified atom stereocenters. The Hall–Kier alpha value is -1.66. The van der Waals surface area contributed by atoms with Gasteiger partial charge in [0, 0.05) is 12.5 Å². The first-order valence-corrected chi connectivity index (χ1v) is 8.56. The van der Waals surface area contributed by atoms with E-state index in [0.29, 0.717) is 13.0 Å². The normalized spacial score (nSPS) is 18.4. The summed E-state index contributed by atoms with van der Waals surface area (Å²) in [7, 11) is -3.64. The van der Waals surface area contributed by atoms with Crippen molar-refractivity contribution in [3.05, 3.63) is 42.0 Å². The maximum absolute atomic E-state index is 11.9. The number of hydrogen-bond acceptors (Lipinski definition) is 3. The first-order valence-electron chi connectivity index (χ1n) is 7.01. The summed E-state index contributed by atoms with van der Waals surface area (Å²) in [6, 6.07) is 6.40. The summed E-state index contributed by atoms with van der Waals surface area (Å²) >= 11 is 0. The fraction of sp³-hybridized carbons (Fsp3) is 0.400. The Morgan fingerprint density at radius 2 is 1.95 bits per heavy atom. The van der Waals surface area contributed by atoms with Gasteiger partial charge in [0.1, 0.15) is 0 Å². The Labute approximate surface area is 125 Å². The van der Waals surface area contributed by atoms with Gasteiger partial charge in [-0.05, 0) is 43.4 Å². The van der Waals surface area contributed by atoms with Crippen LogP contribution in [0.2, 0.25) is 0 Å². The number of amides is 1. The fourth-order valence-electron chi connectivity index (χ4n) is 2.35. The minimum absolute atomic E-state index is 0.0831. The molecule has 5 nitrogen and oxygen atoms in total. The lowest BCUT2D eigenvalue weighted by Gasteiger charge is -2.17. The zero-order valence-corrected chi connectivity index (χ0v) is 12.6. The van der Waals surface area contributed by atoms with E-state index in [0.717, 1.165) is 24.8 Å². The first kappa shape index (κ1) is 15.7. The lowest BCUT2D eigenvalue weighted by atomic mass is 9.93. The van der Waals surface area contributed by atoms with Gasteiger partial charge in [-0.2, -0.15) is 0 Å². The smallest absolute Gasteiger partial charge is 0.238 e. The molecule has 1 aromatic carbocycles. The molecule has 1 atom stereocenters. The van der Waals surface area contributed by atoms with Crippen LogP contribution in [0.15, 0.2) is 41.3 Å². The first-order chi connectivity index (χ1) is 9.97. The van der Waals surface area contributed by atoms with E-state index in [-0.39, 0.29) is 16.7 Å². The highest BCUT2D eigenvalue weighted by Gasteiger charge is 2.17. The summed E-state index contributed by atoms with van der Waals surface area (Å²) in [5, 5.41) is 7.97. The highest BCUT2D eigenvalue weighted by molar-refractivity contribution is 7.89. The Morgan fingerprint density at radius 3 is 2.52 bits per heavy atom. The van der Waals surface area contributed by atoms with E-state index in [4.69, 9.17) is 5.14 Å². The molecule has 1 amide bonds. The van der Waals surface area contributed by atoms with Crippen LogP contribution in [0.4, 0.5) is 0 Å². The van der Waals surface area contributed by atoms with Crippen molar-refractivity contribution in [3.63, 3.8) is 0 Å². The zero-order chi connectivity index (χ0) is 15.3. The number of allylic oxidation sites excluding steroid dienone is 2. The standard InChI is InChI=1S/C15H20N2O3S/c16-21(19,20)14-8-6-12(7-9-14)10-11-17-15(18)13-4-2-1-3-5-13/h1-2,6-9,13H,3-5,10-11H2,(H,17,18)(H2,16,19,20). The number of primary sulfonamides is 1. The second-order valence-electron chi connectivity index (χ2n) is 5.21. The average Bonchev–Trinajstić information content (AvgIpc) is 2.47. The Balaban J connectivity index is 1.80. The summed E-state index contributed by atoms with van der Waals surface area (Å²) in [6.45, 7) is 0.549. The average molecular weight is 308 g/mol. The number of benzene rings is 1. The number of sulfonamides is 1. The van der Waals surface area contributed by atoms with E-state index < -0.39 is 10.0 Å². The monoisotopic (exact) mass is 308 g/mol. The summed E-state index contributed by atoms with van der Waals surface area (Å²) in [5.74, 6) is 0.181. The minimum Gasteiger partial charge on any atom is -0.356 e. The molecule has 114 valence electrons. The van der Waals surface area contributed by atoms with Crippen molar-refractivity contribution in [2.24, 2.45) is 11.1 Å². The van der Waals surface area contributed by atoms with E-state index in [1.165, 1.54) is 12.1 Å². The summed E-state index contributed by atoms with van der Waals surface area (Å²) in [5.41, 5.74) is 0.964. The maximum atomic E-state index is 11.9. The molecule has 0 saturated carbocycles. The molecule has 0 aliphatic heterocycles. The van der Waals surface area contributed by atoms with Crippen molar-refractivity contribution in [2.45, 2.75) is 30.6 Å². The summed E-state index contributed by atoms with van der Waals surface area (Å²) in [6.07, 6.45) is 7.52. The fourth-order valence-corrected chi connectivity index (χ4v) is 2.87. The molecule has 0 spiro atoms. The van der Waals surface area contributed by atoms with Gasteiger partial charge in [-0.1, -0.05) is 24.3 Å². The maximum Gasteiger partial charge on any atom is 0.238 e. The summed E-state index contributed by atoms with van der Waals surface area (Å²) in [4.78, 5) is 12.0. The third-order valence-corrected chi connectivity index (χ3v) is 4.53. The van der Waals surface area contributed by atoms with Gasteiger partial charge in [-0.15, -0.1) is 0 Å². The highest BCUT2D eigenvalue weighted by Crippen LogP contribution is 2.18. The molecule has 3 N–H and O–H groups in total. The molecule has 1 aliphatic rings. The number of rotatable bonds is 5. The van der Waals surface area contributed by atoms with Gasteiger partial charge in [0.2, 0.25) is 15.9 Å². The molecule has 0 fully saturated rings. The Kier molecular flexibility index (Phi) is 5.14. The van der Waals surface area contributed by atoms with E-state index in [9.17, 15) is 13.2 Å². The highest BCUT2D eigenvalue weighted by atomic mass is 32.2. The second kappa shape index (κ2) is 6.87. The molecule has 2 rings (SSSR count). The molecule has 6 heteroatoms. The van der Waals surface area contributed by atoms with Gasteiger partial charge >= 0.3 is 0 Å². The topological polar surface area (TPSA) is 89.3 Å². The van der Waals surface area contributed by atoms with Crippen LogP contribution in [0, 0.1) is 5.92 Å². The molecule has 0 saturated heterocycles. The van der Waals surface area contributed by atoms with Crippen LogP contribution < -0.4 is 10.5 Å². The third kappa shape index (κ3) is 4.68. The van der Waals surface area contributed by atoms with Gasteiger partial charge in [0.15, 0.2) is 0 Å². The van der Waals surface area contributed by atoms with Crippen molar-refractivity contribution in [3.8, 4) is 0 Å². The molecule has 0 bridgehead atoms. The molecule has 0 aromatic heterocycles. The second-order valence-corrected chi connectivity index (χ2v) is 6.77. The van der Waals surface area contributed by atoms with Crippen LogP contribution in [-0.2, 0) is 21.2 Å². The van der Waals surface area contributed by atoms with Crippen molar-refractivity contribution in [2.75, 3.05) is 6.54 Å². The molecular formula is C15H20N2O3S. The van der Waals surface area contributed by atoms with E-state index in [1.807, 2.05) is 0 Å². The predicted octanol–water partition coefficient (Wildman–Crippen LogP) is 1.35. The number of carbonyl (C=O) groups excluding carboxylic acids is 1. The van der Waals surface area contributed by atoms with Gasteiger partial charge in [-0.25, -0.2) is 13.6 Å². The SMILES string of the molecule is NS(=O)(=O)c1ccc(CCNC(=O)C2CC=CCC2)cc1. The third-order valence-electron chi connectivity index (χ3n) is 3.60. The largest absolute Gasteiger partial charge is 0.356 e. The van der Waals surface area contributed by atoms with Crippen LogP contribution >= 0.6 is 0 Å². The lowest BCUT2D eigenvalue weighted by molar-refractivity contribution is -0.125. The number of hydrogen-bond donors (Lipinski definition) is 2. The van der Waals surface area contributed by atoms with Gasteiger partial charge in [0.25, 0.3) is 0 Å². The van der Waals surface area contributed by atoms with Crippen LogP contribution in [0.5, 0.6) is 0 Å². The number of carbonyl (C=O) groups is 1. The molecule has 0 radical (unpaired) electrons. The number of nitrogens with two attached hydrogens (primary N) is 1. The van der Waals surface area contributed by atoms with Gasteiger partial charge in [0.05, 0.1) is 4.90 Å². The quantitative estimate of drug-likeness (QED) is 0.805. The summed E-state index contributed by atoms with van der Waals surface area (Å²) < 4.78 is 22.3. The van der Waals surface area contributed by atoms with Crippen LogP contribution in [0.25, 0.3) is 0 Å². The van der Waals surface area contributed by atoms with Gasteiger partial charge < -0.3 is 5.32 Å². The molecule has 1 aliphatic carbocycles. The number of nitrogens with one attached hydrogen (secondary N) is 1. The predicted molar refractivity (Wildman–Crippen MR) is 81.0 cm³/mol. The Morgan fingerprint density at radius 1 is 1.24 bits per heavy atom. The van der Waals surface area contributed by atoms with E-state index >= 15 is 0 Å². The van der Waals surface area contributed by atoms with E-state index in [1.54, 1.807) is 12.1 Å². The molecule has 21 heavy (non-hydrogen) atoms. The lowest BCUT2D eigenvalue weighted by Crippen LogP contribution is -2.32. The molecule has 1 aromatic rings. The minimum atomic E-state index is -3.64. The van der Waals surface area contributed by atoms with Crippen LogP contribution in [-0.4, -0.2) is 20.9 Å². The molecule has 0 heterocycles. The molecular weight excluding hydrogens is 288 g/mol. The zero-order valence-electron chi connectivity index (χ0n) is 11.8. The van der Waals surface area contributed by atoms with Crippen molar-refractivity contribution in [1.82, 2.24) is 5.32 Å². The Bertz CT molecular complexity index is 621. The van der Waals surface area contributed by atoms with Crippen molar-refractivity contribution in [1.29, 1.82) is 0 Å². The van der Waals surface area contributed by atoms with Crippen molar-refractivity contribution < 1.29 is 13.2 Å². The van der Waals surface area contributed by atoms with Crippen molar-refractivity contribution >= 4 is 15.9 Å². The van der Waals surface area contributed by atoms with Crippen LogP contribution in [0.3, 0.4) is 0 Å². The van der Waals surface area contributed by atoms with Gasteiger partial charge in [-0.3, -0.25) is 4.79 Å². The van der Waals surface area contributed by atoms with Crippen LogP contribution in [0.1, 0.15) is 24.8 Å².